The molecule has 3 unspecified atom stereocenters. The summed E-state index contributed by atoms with van der Waals surface area (Å²) in [6.07, 6.45) is 9.69. The van der Waals surface area contributed by atoms with E-state index in [0.717, 1.165) is 13.0 Å². The van der Waals surface area contributed by atoms with Crippen molar-refractivity contribution in [2.45, 2.75) is 89.5 Å². The molecule has 0 heterocycles. The number of hydrogen-bond acceptors (Lipinski definition) is 2. The van der Waals surface area contributed by atoms with Gasteiger partial charge in [0.05, 0.1) is 6.07 Å². The smallest absolute Gasteiger partial charge is 0.0587 e. The van der Waals surface area contributed by atoms with Gasteiger partial charge in [0, 0.05) is 30.8 Å². The van der Waals surface area contributed by atoms with Crippen LogP contribution < -0.4 is 0 Å². The first-order chi connectivity index (χ1) is 15.6. The maximum atomic E-state index is 7.32. The Balaban J connectivity index is 0.00000114. The highest BCUT2D eigenvalue weighted by Gasteiger charge is 2.26. The van der Waals surface area contributed by atoms with Gasteiger partial charge >= 0.3 is 0 Å². The largest absolute Gasteiger partial charge is 0.300 e. The lowest BCUT2D eigenvalue weighted by atomic mass is 9.94. The molecule has 2 aromatic carbocycles. The highest BCUT2D eigenvalue weighted by atomic mass is 35.5. The molecule has 1 aliphatic rings. The minimum atomic E-state index is 0.331. The summed E-state index contributed by atoms with van der Waals surface area (Å²) in [5.74, 6) is 0.562. The van der Waals surface area contributed by atoms with Crippen molar-refractivity contribution in [1.29, 1.82) is 5.26 Å². The summed E-state index contributed by atoms with van der Waals surface area (Å²) in [7, 11) is 0. The Morgan fingerprint density at radius 3 is 2.19 bits per heavy atom. The predicted octanol–water partition coefficient (Wildman–Crippen LogP) is 7.76. The Hall–Kier alpha value is -1.82. The van der Waals surface area contributed by atoms with Gasteiger partial charge < -0.3 is 4.90 Å². The van der Waals surface area contributed by atoms with Crippen LogP contribution in [0.25, 0.3) is 0 Å². The van der Waals surface area contributed by atoms with Gasteiger partial charge in [-0.05, 0) is 68.2 Å². The van der Waals surface area contributed by atoms with E-state index in [1.165, 1.54) is 75.1 Å². The molecule has 2 nitrogen and oxygen atoms in total. The summed E-state index contributed by atoms with van der Waals surface area (Å²) < 4.78 is 0. The van der Waals surface area contributed by atoms with Crippen molar-refractivity contribution in [2.75, 3.05) is 13.1 Å². The topological polar surface area (TPSA) is 27.0 Å². The van der Waals surface area contributed by atoms with Crippen molar-refractivity contribution in [3.8, 4) is 6.07 Å². The van der Waals surface area contributed by atoms with Gasteiger partial charge in [0.15, 0.2) is 0 Å². The summed E-state index contributed by atoms with van der Waals surface area (Å²) in [5, 5.41) is 7.65. The molecule has 0 spiro atoms. The standard InChI is InChI=1S/C27H38ClN.C2H3N/c1-3-20-29(21-19-22-9-6-5-7-10-22)25(4-2)18-15-23-13-16-24(17-14-23)26-11-8-12-27(26)28;1-2-3/h5-7,9-10,13-14,16-17,25-27H,3-4,8,11-12,15,18-21H2,1-2H3;1H3. The van der Waals surface area contributed by atoms with Gasteiger partial charge in [-0.25, -0.2) is 0 Å². The van der Waals surface area contributed by atoms with Crippen molar-refractivity contribution in [1.82, 2.24) is 4.90 Å². The molecule has 174 valence electrons. The Morgan fingerprint density at radius 2 is 1.62 bits per heavy atom. The van der Waals surface area contributed by atoms with Crippen molar-refractivity contribution in [2.24, 2.45) is 0 Å². The first-order valence-corrected chi connectivity index (χ1v) is 12.9. The van der Waals surface area contributed by atoms with Crippen LogP contribution in [0, 0.1) is 11.3 Å². The molecule has 1 aliphatic carbocycles. The fraction of sp³-hybridized carbons (Fsp3) is 0.552. The van der Waals surface area contributed by atoms with Crippen molar-refractivity contribution in [3.05, 3.63) is 71.3 Å². The van der Waals surface area contributed by atoms with Crippen molar-refractivity contribution in [3.63, 3.8) is 0 Å². The third kappa shape index (κ3) is 8.61. The molecular weight excluding hydrogens is 412 g/mol. The Labute approximate surface area is 201 Å². The van der Waals surface area contributed by atoms with Crippen LogP contribution in [-0.4, -0.2) is 29.4 Å². The average Bonchev–Trinajstić information content (AvgIpc) is 3.25. The third-order valence-corrected chi connectivity index (χ3v) is 7.16. The number of benzene rings is 2. The number of nitrogens with zero attached hydrogens (tertiary/aromatic N) is 2. The highest BCUT2D eigenvalue weighted by molar-refractivity contribution is 6.21. The molecule has 1 fully saturated rings. The second kappa shape index (κ2) is 15.1. The second-order valence-electron chi connectivity index (χ2n) is 8.89. The lowest BCUT2D eigenvalue weighted by Crippen LogP contribution is -2.37. The minimum Gasteiger partial charge on any atom is -0.300 e. The number of aryl methyl sites for hydroxylation is 1. The molecule has 3 rings (SSSR count). The van der Waals surface area contributed by atoms with Crippen LogP contribution in [0.1, 0.15) is 81.9 Å². The number of rotatable bonds is 11. The number of nitriles is 1. The maximum absolute atomic E-state index is 7.32. The number of hydrogen-bond donors (Lipinski definition) is 0. The second-order valence-corrected chi connectivity index (χ2v) is 9.45. The minimum absolute atomic E-state index is 0.331. The van der Waals surface area contributed by atoms with Gasteiger partial charge in [0.2, 0.25) is 0 Å². The highest BCUT2D eigenvalue weighted by Crippen LogP contribution is 2.38. The summed E-state index contributed by atoms with van der Waals surface area (Å²) >= 11 is 6.51. The van der Waals surface area contributed by atoms with Gasteiger partial charge in [-0.3, -0.25) is 0 Å². The average molecular weight is 453 g/mol. The third-order valence-electron chi connectivity index (χ3n) is 6.63. The van der Waals surface area contributed by atoms with E-state index in [9.17, 15) is 0 Å². The van der Waals surface area contributed by atoms with Crippen LogP contribution in [0.4, 0.5) is 0 Å². The van der Waals surface area contributed by atoms with Gasteiger partial charge in [-0.15, -0.1) is 11.6 Å². The summed E-state index contributed by atoms with van der Waals surface area (Å²) in [6, 6.07) is 22.7. The van der Waals surface area contributed by atoms with E-state index in [1.807, 2.05) is 0 Å². The zero-order chi connectivity index (χ0) is 23.2. The summed E-state index contributed by atoms with van der Waals surface area (Å²) in [5.41, 5.74) is 4.35. The Bertz CT molecular complexity index is 781. The lowest BCUT2D eigenvalue weighted by Gasteiger charge is -2.31. The maximum Gasteiger partial charge on any atom is 0.0587 e. The first kappa shape index (κ1) is 26.4. The molecule has 2 aromatic rings. The molecule has 0 saturated heterocycles. The lowest BCUT2D eigenvalue weighted by molar-refractivity contribution is 0.183. The molecule has 0 N–H and O–H groups in total. The van der Waals surface area contributed by atoms with Gasteiger partial charge in [0.1, 0.15) is 0 Å². The summed E-state index contributed by atoms with van der Waals surface area (Å²) in [6.45, 7) is 8.44. The molecule has 0 aromatic heterocycles. The van der Waals surface area contributed by atoms with E-state index in [2.05, 4.69) is 73.3 Å². The zero-order valence-corrected chi connectivity index (χ0v) is 21.0. The Kier molecular flexibility index (Phi) is 12.5. The van der Waals surface area contributed by atoms with E-state index in [0.29, 0.717) is 17.3 Å². The fourth-order valence-corrected chi connectivity index (χ4v) is 5.31. The monoisotopic (exact) mass is 452 g/mol. The van der Waals surface area contributed by atoms with Crippen LogP contribution in [0.5, 0.6) is 0 Å². The molecule has 0 amide bonds. The first-order valence-electron chi connectivity index (χ1n) is 12.4. The van der Waals surface area contributed by atoms with Crippen molar-refractivity contribution >= 4 is 11.6 Å². The van der Waals surface area contributed by atoms with E-state index >= 15 is 0 Å². The quantitative estimate of drug-likeness (QED) is 0.325. The van der Waals surface area contributed by atoms with Crippen LogP contribution in [-0.2, 0) is 12.8 Å². The molecule has 0 bridgehead atoms. The van der Waals surface area contributed by atoms with Gasteiger partial charge in [-0.2, -0.15) is 5.26 Å². The molecule has 1 saturated carbocycles. The Morgan fingerprint density at radius 1 is 0.969 bits per heavy atom. The molecule has 0 aliphatic heterocycles. The fourth-order valence-electron chi connectivity index (χ4n) is 4.88. The molecule has 3 atom stereocenters. The van der Waals surface area contributed by atoms with Gasteiger partial charge in [-0.1, -0.05) is 74.9 Å². The van der Waals surface area contributed by atoms with E-state index in [1.54, 1.807) is 6.07 Å². The van der Waals surface area contributed by atoms with Gasteiger partial charge in [0.25, 0.3) is 0 Å². The molecule has 3 heteroatoms. The molecule has 0 radical (unpaired) electrons. The number of halogens is 1. The van der Waals surface area contributed by atoms with E-state index in [-0.39, 0.29) is 0 Å². The number of alkyl halides is 1. The van der Waals surface area contributed by atoms with Crippen molar-refractivity contribution < 1.29 is 0 Å². The van der Waals surface area contributed by atoms with Crippen LogP contribution in [0.15, 0.2) is 54.6 Å². The summed E-state index contributed by atoms with van der Waals surface area (Å²) in [4.78, 5) is 2.72. The van der Waals surface area contributed by atoms with Crippen LogP contribution >= 0.6 is 11.6 Å². The van der Waals surface area contributed by atoms with Crippen LogP contribution in [0.3, 0.4) is 0 Å². The van der Waals surface area contributed by atoms with E-state index in [4.69, 9.17) is 16.9 Å². The SMILES string of the molecule is CC#N.CCCN(CCc1ccccc1)C(CC)CCc1ccc(C2CCCC2Cl)cc1. The normalized spacial score (nSPS) is 18.6. The molecule has 32 heavy (non-hydrogen) atoms. The van der Waals surface area contributed by atoms with Crippen LogP contribution in [0.2, 0.25) is 0 Å². The van der Waals surface area contributed by atoms with E-state index < -0.39 is 0 Å². The molecular formula is C29H41ClN2. The predicted molar refractivity (Wildman–Crippen MR) is 138 cm³/mol. The zero-order valence-electron chi connectivity index (χ0n) is 20.3.